The van der Waals surface area contributed by atoms with Crippen molar-refractivity contribution in [1.82, 2.24) is 0 Å². The molecule has 1 saturated carbocycles. The standard InChI is InChI=1S/C9H11NOS/c10-12(11,9-6-7-9)8-4-2-1-3-5-8/h1-5,9-10H,6-7H2. The molecule has 0 heterocycles. The van der Waals surface area contributed by atoms with Crippen molar-refractivity contribution in [1.29, 1.82) is 4.78 Å². The molecule has 0 spiro atoms. The molecular weight excluding hydrogens is 170 g/mol. The second-order valence-electron chi connectivity index (χ2n) is 3.11. The van der Waals surface area contributed by atoms with Gasteiger partial charge in [-0.25, -0.2) is 8.99 Å². The predicted molar refractivity (Wildman–Crippen MR) is 48.6 cm³/mol. The van der Waals surface area contributed by atoms with E-state index in [9.17, 15) is 4.21 Å². The van der Waals surface area contributed by atoms with Crippen molar-refractivity contribution in [3.8, 4) is 0 Å². The molecule has 0 bridgehead atoms. The first-order valence-electron chi connectivity index (χ1n) is 4.04. The third kappa shape index (κ3) is 1.25. The van der Waals surface area contributed by atoms with Crippen LogP contribution in [0.1, 0.15) is 12.8 Å². The van der Waals surface area contributed by atoms with Gasteiger partial charge < -0.3 is 0 Å². The van der Waals surface area contributed by atoms with Crippen molar-refractivity contribution in [2.75, 3.05) is 0 Å². The molecule has 1 aromatic rings. The minimum absolute atomic E-state index is 0.125. The highest BCUT2D eigenvalue weighted by Gasteiger charge is 2.33. The summed E-state index contributed by atoms with van der Waals surface area (Å²) in [5.41, 5.74) is 0. The van der Waals surface area contributed by atoms with E-state index in [2.05, 4.69) is 0 Å². The molecular formula is C9H11NOS. The van der Waals surface area contributed by atoms with E-state index in [4.69, 9.17) is 4.78 Å². The van der Waals surface area contributed by atoms with Gasteiger partial charge in [-0.3, -0.25) is 0 Å². The van der Waals surface area contributed by atoms with Crippen LogP contribution < -0.4 is 0 Å². The van der Waals surface area contributed by atoms with Gasteiger partial charge in [0.25, 0.3) is 0 Å². The van der Waals surface area contributed by atoms with Crippen LogP contribution in [0.3, 0.4) is 0 Å². The zero-order chi connectivity index (χ0) is 8.60. The Bertz CT molecular complexity index is 365. The molecule has 2 nitrogen and oxygen atoms in total. The highest BCUT2D eigenvalue weighted by molar-refractivity contribution is 7.93. The topological polar surface area (TPSA) is 40.9 Å². The van der Waals surface area contributed by atoms with Crippen LogP contribution in [0.25, 0.3) is 0 Å². The summed E-state index contributed by atoms with van der Waals surface area (Å²) in [5.74, 6) is 0. The lowest BCUT2D eigenvalue weighted by Gasteiger charge is -2.03. The lowest BCUT2D eigenvalue weighted by atomic mass is 10.4. The van der Waals surface area contributed by atoms with Crippen molar-refractivity contribution >= 4 is 9.73 Å². The molecule has 1 aliphatic carbocycles. The van der Waals surface area contributed by atoms with Gasteiger partial charge in [0.2, 0.25) is 0 Å². The number of hydrogen-bond acceptors (Lipinski definition) is 2. The molecule has 0 amide bonds. The first kappa shape index (κ1) is 7.80. The summed E-state index contributed by atoms with van der Waals surface area (Å²) in [6, 6.07) is 9.13. The van der Waals surface area contributed by atoms with Crippen LogP contribution in [0.5, 0.6) is 0 Å². The van der Waals surface area contributed by atoms with E-state index in [1.807, 2.05) is 18.2 Å². The Labute approximate surface area is 72.6 Å². The second kappa shape index (κ2) is 2.59. The average molecular weight is 181 g/mol. The molecule has 0 aliphatic heterocycles. The van der Waals surface area contributed by atoms with Crippen LogP contribution in [-0.2, 0) is 9.73 Å². The minimum Gasteiger partial charge on any atom is -0.249 e. The summed E-state index contributed by atoms with van der Waals surface area (Å²) in [5, 5.41) is 0.125. The van der Waals surface area contributed by atoms with Crippen LogP contribution in [0.2, 0.25) is 0 Å². The van der Waals surface area contributed by atoms with Crippen molar-refractivity contribution in [2.24, 2.45) is 0 Å². The molecule has 0 radical (unpaired) electrons. The molecule has 1 atom stereocenters. The Kier molecular flexibility index (Phi) is 1.68. The second-order valence-corrected chi connectivity index (χ2v) is 5.45. The maximum Gasteiger partial charge on any atom is 0.0755 e. The van der Waals surface area contributed by atoms with E-state index in [0.717, 1.165) is 12.8 Å². The maximum atomic E-state index is 11.8. The van der Waals surface area contributed by atoms with Gasteiger partial charge in [0.15, 0.2) is 0 Å². The van der Waals surface area contributed by atoms with E-state index < -0.39 is 9.73 Å². The van der Waals surface area contributed by atoms with Crippen molar-refractivity contribution < 1.29 is 4.21 Å². The van der Waals surface area contributed by atoms with Gasteiger partial charge in [0.1, 0.15) is 0 Å². The number of hydrogen-bond donors (Lipinski definition) is 1. The van der Waals surface area contributed by atoms with E-state index in [1.165, 1.54) is 0 Å². The van der Waals surface area contributed by atoms with Crippen LogP contribution in [0.4, 0.5) is 0 Å². The zero-order valence-corrected chi connectivity index (χ0v) is 7.51. The van der Waals surface area contributed by atoms with Crippen molar-refractivity contribution in [3.63, 3.8) is 0 Å². The number of benzene rings is 1. The Hall–Kier alpha value is -0.830. The highest BCUT2D eigenvalue weighted by Crippen LogP contribution is 2.33. The fraction of sp³-hybridized carbons (Fsp3) is 0.333. The number of nitrogens with one attached hydrogen (secondary N) is 1. The summed E-state index contributed by atoms with van der Waals surface area (Å²) in [7, 11) is -2.47. The van der Waals surface area contributed by atoms with Gasteiger partial charge in [-0.1, -0.05) is 18.2 Å². The van der Waals surface area contributed by atoms with Crippen molar-refractivity contribution in [3.05, 3.63) is 30.3 Å². The molecule has 12 heavy (non-hydrogen) atoms. The van der Waals surface area contributed by atoms with Crippen LogP contribution in [0.15, 0.2) is 35.2 Å². The van der Waals surface area contributed by atoms with E-state index in [-0.39, 0.29) is 5.25 Å². The monoisotopic (exact) mass is 181 g/mol. The van der Waals surface area contributed by atoms with E-state index >= 15 is 0 Å². The Morgan fingerprint density at radius 3 is 2.33 bits per heavy atom. The van der Waals surface area contributed by atoms with Gasteiger partial charge in [0, 0.05) is 10.1 Å². The molecule has 1 aliphatic rings. The molecule has 3 heteroatoms. The van der Waals surface area contributed by atoms with Crippen LogP contribution in [-0.4, -0.2) is 9.46 Å². The molecule has 64 valence electrons. The van der Waals surface area contributed by atoms with Gasteiger partial charge in [-0.15, -0.1) is 0 Å². The first-order chi connectivity index (χ1) is 5.71. The fourth-order valence-electron chi connectivity index (χ4n) is 1.22. The summed E-state index contributed by atoms with van der Waals surface area (Å²) in [6.45, 7) is 0. The molecule has 1 aromatic carbocycles. The SMILES string of the molecule is N=S(=O)(c1ccccc1)C1CC1. The van der Waals surface area contributed by atoms with Crippen LogP contribution in [0, 0.1) is 4.78 Å². The molecule has 2 rings (SSSR count). The first-order valence-corrected chi connectivity index (χ1v) is 5.66. The van der Waals surface area contributed by atoms with Crippen molar-refractivity contribution in [2.45, 2.75) is 23.0 Å². The smallest absolute Gasteiger partial charge is 0.0755 e. The van der Waals surface area contributed by atoms with E-state index in [0.29, 0.717) is 4.90 Å². The lowest BCUT2D eigenvalue weighted by Crippen LogP contribution is -2.04. The van der Waals surface area contributed by atoms with Gasteiger partial charge in [-0.05, 0) is 25.0 Å². The Morgan fingerprint density at radius 1 is 1.25 bits per heavy atom. The molecule has 1 N–H and O–H groups in total. The summed E-state index contributed by atoms with van der Waals surface area (Å²) < 4.78 is 19.5. The van der Waals surface area contributed by atoms with Gasteiger partial charge in [0.05, 0.1) is 9.73 Å². The maximum absolute atomic E-state index is 11.8. The minimum atomic E-state index is -2.47. The average Bonchev–Trinajstić information content (AvgIpc) is 2.88. The molecule has 1 fully saturated rings. The Morgan fingerprint density at radius 2 is 1.83 bits per heavy atom. The third-order valence-corrected chi connectivity index (χ3v) is 4.47. The number of rotatable bonds is 2. The largest absolute Gasteiger partial charge is 0.249 e. The van der Waals surface area contributed by atoms with Crippen LogP contribution >= 0.6 is 0 Å². The fourth-order valence-corrected chi connectivity index (χ4v) is 2.96. The van der Waals surface area contributed by atoms with Gasteiger partial charge in [-0.2, -0.15) is 0 Å². The molecule has 0 aromatic heterocycles. The molecule has 1 unspecified atom stereocenters. The normalized spacial score (nSPS) is 21.7. The zero-order valence-electron chi connectivity index (χ0n) is 6.69. The summed E-state index contributed by atoms with van der Waals surface area (Å²) >= 11 is 0. The van der Waals surface area contributed by atoms with Gasteiger partial charge >= 0.3 is 0 Å². The van der Waals surface area contributed by atoms with E-state index in [1.54, 1.807) is 12.1 Å². The quantitative estimate of drug-likeness (QED) is 0.747. The highest BCUT2D eigenvalue weighted by atomic mass is 32.2. The summed E-state index contributed by atoms with van der Waals surface area (Å²) in [4.78, 5) is 0.688. The third-order valence-electron chi connectivity index (χ3n) is 2.09. The molecule has 0 saturated heterocycles. The summed E-state index contributed by atoms with van der Waals surface area (Å²) in [6.07, 6.45) is 1.91. The predicted octanol–water partition coefficient (Wildman–Crippen LogP) is 2.25. The lowest BCUT2D eigenvalue weighted by molar-refractivity contribution is 0.674. The Balaban J connectivity index is 2.42.